The van der Waals surface area contributed by atoms with Crippen molar-refractivity contribution in [2.45, 2.75) is 39.4 Å². The molecule has 2 nitrogen and oxygen atoms in total. The van der Waals surface area contributed by atoms with Gasteiger partial charge in [-0.25, -0.2) is 0 Å². The standard InChI is InChI=1S/C13H20O2/c1-9(2)8-12(14)13(15)11-6-4-10(3)5-7-11/h4-7,9,12-15H,8H2,1-3H3/t12-,13-/m1/s1. The molecule has 0 heterocycles. The third-order valence-corrected chi connectivity index (χ3v) is 2.50. The van der Waals surface area contributed by atoms with Crippen molar-refractivity contribution < 1.29 is 10.2 Å². The minimum Gasteiger partial charge on any atom is -0.390 e. The highest BCUT2D eigenvalue weighted by Gasteiger charge is 2.18. The maximum absolute atomic E-state index is 9.88. The van der Waals surface area contributed by atoms with Crippen LogP contribution in [0.1, 0.15) is 37.5 Å². The molecule has 0 unspecified atom stereocenters. The highest BCUT2D eigenvalue weighted by molar-refractivity contribution is 5.23. The molecule has 84 valence electrons. The number of aryl methyl sites for hydroxylation is 1. The third kappa shape index (κ3) is 3.65. The zero-order valence-electron chi connectivity index (χ0n) is 9.64. The Morgan fingerprint density at radius 2 is 1.60 bits per heavy atom. The Bertz CT molecular complexity index is 290. The highest BCUT2D eigenvalue weighted by Crippen LogP contribution is 2.21. The van der Waals surface area contributed by atoms with Crippen molar-refractivity contribution in [3.8, 4) is 0 Å². The maximum atomic E-state index is 9.88. The molecule has 0 saturated heterocycles. The molecule has 0 spiro atoms. The van der Waals surface area contributed by atoms with Crippen LogP contribution in [0.3, 0.4) is 0 Å². The molecule has 2 atom stereocenters. The summed E-state index contributed by atoms with van der Waals surface area (Å²) in [5, 5.41) is 19.6. The van der Waals surface area contributed by atoms with Crippen LogP contribution in [-0.2, 0) is 0 Å². The van der Waals surface area contributed by atoms with Gasteiger partial charge in [0.25, 0.3) is 0 Å². The number of aliphatic hydroxyl groups is 2. The molecule has 2 N–H and O–H groups in total. The third-order valence-electron chi connectivity index (χ3n) is 2.50. The Balaban J connectivity index is 2.67. The Morgan fingerprint density at radius 3 is 2.07 bits per heavy atom. The summed E-state index contributed by atoms with van der Waals surface area (Å²) in [6.07, 6.45) is -0.824. The van der Waals surface area contributed by atoms with Gasteiger partial charge in [0.05, 0.1) is 6.10 Å². The van der Waals surface area contributed by atoms with Crippen molar-refractivity contribution in [2.24, 2.45) is 5.92 Å². The van der Waals surface area contributed by atoms with Gasteiger partial charge < -0.3 is 10.2 Å². The molecule has 0 amide bonds. The van der Waals surface area contributed by atoms with Crippen LogP contribution in [0.4, 0.5) is 0 Å². The molecule has 1 rings (SSSR count). The van der Waals surface area contributed by atoms with Crippen LogP contribution in [0.2, 0.25) is 0 Å². The lowest BCUT2D eigenvalue weighted by Gasteiger charge is -2.19. The molecule has 0 aliphatic carbocycles. The van der Waals surface area contributed by atoms with Crippen molar-refractivity contribution in [2.75, 3.05) is 0 Å². The van der Waals surface area contributed by atoms with Crippen LogP contribution in [-0.4, -0.2) is 16.3 Å². The molecular formula is C13H20O2. The summed E-state index contributed by atoms with van der Waals surface area (Å²) in [5.41, 5.74) is 1.94. The van der Waals surface area contributed by atoms with Crippen molar-refractivity contribution >= 4 is 0 Å². The van der Waals surface area contributed by atoms with Crippen molar-refractivity contribution in [3.63, 3.8) is 0 Å². The number of aliphatic hydroxyl groups excluding tert-OH is 2. The topological polar surface area (TPSA) is 40.5 Å². The normalized spacial score (nSPS) is 15.3. The van der Waals surface area contributed by atoms with E-state index in [0.29, 0.717) is 12.3 Å². The minimum atomic E-state index is -0.770. The van der Waals surface area contributed by atoms with Crippen LogP contribution < -0.4 is 0 Å². The Kier molecular flexibility index (Phi) is 4.30. The Hall–Kier alpha value is -0.860. The predicted molar refractivity (Wildman–Crippen MR) is 61.6 cm³/mol. The average molecular weight is 208 g/mol. The highest BCUT2D eigenvalue weighted by atomic mass is 16.3. The zero-order chi connectivity index (χ0) is 11.4. The van der Waals surface area contributed by atoms with Gasteiger partial charge in [-0.3, -0.25) is 0 Å². The molecule has 0 saturated carbocycles. The van der Waals surface area contributed by atoms with E-state index in [0.717, 1.165) is 11.1 Å². The van der Waals surface area contributed by atoms with E-state index in [2.05, 4.69) is 0 Å². The zero-order valence-corrected chi connectivity index (χ0v) is 9.64. The summed E-state index contributed by atoms with van der Waals surface area (Å²) in [5.74, 6) is 0.389. The van der Waals surface area contributed by atoms with Crippen LogP contribution in [0, 0.1) is 12.8 Å². The molecule has 0 aliphatic heterocycles. The van der Waals surface area contributed by atoms with Gasteiger partial charge in [-0.15, -0.1) is 0 Å². The van der Waals surface area contributed by atoms with Crippen LogP contribution >= 0.6 is 0 Å². The summed E-state index contributed by atoms with van der Waals surface area (Å²) in [6, 6.07) is 7.62. The Labute approximate surface area is 91.6 Å². The van der Waals surface area contributed by atoms with Gasteiger partial charge in [0, 0.05) is 0 Å². The SMILES string of the molecule is Cc1ccc([C@@H](O)[C@H](O)CC(C)C)cc1. The van der Waals surface area contributed by atoms with Gasteiger partial charge in [-0.05, 0) is 24.8 Å². The number of hydrogen-bond donors (Lipinski definition) is 2. The molecule has 2 heteroatoms. The first kappa shape index (κ1) is 12.2. The summed E-state index contributed by atoms with van der Waals surface area (Å²) in [4.78, 5) is 0. The van der Waals surface area contributed by atoms with E-state index in [1.54, 1.807) is 0 Å². The molecule has 0 radical (unpaired) electrons. The molecule has 0 fully saturated rings. The predicted octanol–water partition coefficient (Wildman–Crippen LogP) is 2.44. The largest absolute Gasteiger partial charge is 0.390 e. The molecule has 0 aliphatic rings. The van der Waals surface area contributed by atoms with Gasteiger partial charge in [-0.1, -0.05) is 43.7 Å². The second-order valence-electron chi connectivity index (χ2n) is 4.55. The monoisotopic (exact) mass is 208 g/mol. The van der Waals surface area contributed by atoms with E-state index < -0.39 is 12.2 Å². The lowest BCUT2D eigenvalue weighted by molar-refractivity contribution is 0.00633. The molecule has 0 aromatic heterocycles. The molecule has 0 bridgehead atoms. The van der Waals surface area contributed by atoms with E-state index in [1.807, 2.05) is 45.0 Å². The fourth-order valence-electron chi connectivity index (χ4n) is 1.60. The second kappa shape index (κ2) is 5.29. The van der Waals surface area contributed by atoms with Crippen molar-refractivity contribution in [3.05, 3.63) is 35.4 Å². The summed E-state index contributed by atoms with van der Waals surface area (Å²) < 4.78 is 0. The first-order valence-electron chi connectivity index (χ1n) is 5.43. The van der Waals surface area contributed by atoms with Crippen LogP contribution in [0.25, 0.3) is 0 Å². The fraction of sp³-hybridized carbons (Fsp3) is 0.538. The van der Waals surface area contributed by atoms with Crippen LogP contribution in [0.15, 0.2) is 24.3 Å². The first-order valence-corrected chi connectivity index (χ1v) is 5.43. The lowest BCUT2D eigenvalue weighted by atomic mass is 9.96. The van der Waals surface area contributed by atoms with E-state index in [1.165, 1.54) is 0 Å². The van der Waals surface area contributed by atoms with E-state index in [-0.39, 0.29) is 0 Å². The second-order valence-corrected chi connectivity index (χ2v) is 4.55. The van der Waals surface area contributed by atoms with E-state index in [9.17, 15) is 10.2 Å². The number of rotatable bonds is 4. The average Bonchev–Trinajstić information content (AvgIpc) is 2.17. The van der Waals surface area contributed by atoms with Gasteiger partial charge in [0.2, 0.25) is 0 Å². The number of hydrogen-bond acceptors (Lipinski definition) is 2. The van der Waals surface area contributed by atoms with Gasteiger partial charge in [0.15, 0.2) is 0 Å². The minimum absolute atomic E-state index is 0.389. The van der Waals surface area contributed by atoms with Crippen molar-refractivity contribution in [1.82, 2.24) is 0 Å². The van der Waals surface area contributed by atoms with Crippen molar-refractivity contribution in [1.29, 1.82) is 0 Å². The fourth-order valence-corrected chi connectivity index (χ4v) is 1.60. The molecule has 1 aromatic rings. The number of benzene rings is 1. The summed E-state index contributed by atoms with van der Waals surface area (Å²) in [6.45, 7) is 6.07. The summed E-state index contributed by atoms with van der Waals surface area (Å²) >= 11 is 0. The molecular weight excluding hydrogens is 188 g/mol. The van der Waals surface area contributed by atoms with Gasteiger partial charge in [0.1, 0.15) is 6.10 Å². The lowest BCUT2D eigenvalue weighted by Crippen LogP contribution is -2.20. The van der Waals surface area contributed by atoms with Gasteiger partial charge >= 0.3 is 0 Å². The van der Waals surface area contributed by atoms with E-state index in [4.69, 9.17) is 0 Å². The van der Waals surface area contributed by atoms with Gasteiger partial charge in [-0.2, -0.15) is 0 Å². The smallest absolute Gasteiger partial charge is 0.105 e. The molecule has 15 heavy (non-hydrogen) atoms. The van der Waals surface area contributed by atoms with E-state index >= 15 is 0 Å². The molecule has 1 aromatic carbocycles. The maximum Gasteiger partial charge on any atom is 0.105 e. The summed E-state index contributed by atoms with van der Waals surface area (Å²) in [7, 11) is 0. The Morgan fingerprint density at radius 1 is 1.07 bits per heavy atom. The quantitative estimate of drug-likeness (QED) is 0.798. The first-order chi connectivity index (χ1) is 7.00. The van der Waals surface area contributed by atoms with Crippen LogP contribution in [0.5, 0.6) is 0 Å².